The van der Waals surface area contributed by atoms with E-state index >= 15 is 0 Å². The van der Waals surface area contributed by atoms with Crippen LogP contribution in [0.1, 0.15) is 19.8 Å². The zero-order chi connectivity index (χ0) is 12.4. The van der Waals surface area contributed by atoms with Crippen molar-refractivity contribution in [3.8, 4) is 0 Å². The molecule has 6 nitrogen and oxygen atoms in total. The Morgan fingerprint density at radius 3 is 2.76 bits per heavy atom. The van der Waals surface area contributed by atoms with Gasteiger partial charge in [-0.25, -0.2) is 9.59 Å². The van der Waals surface area contributed by atoms with E-state index in [2.05, 4.69) is 5.32 Å². The lowest BCUT2D eigenvalue weighted by molar-refractivity contribution is -0.154. The molecule has 96 valence electrons. The summed E-state index contributed by atoms with van der Waals surface area (Å²) in [7, 11) is 0. The summed E-state index contributed by atoms with van der Waals surface area (Å²) >= 11 is 0. The van der Waals surface area contributed by atoms with Crippen molar-refractivity contribution < 1.29 is 19.4 Å². The molecule has 2 atom stereocenters. The number of aliphatic carboxylic acids is 1. The molecule has 1 aliphatic carbocycles. The Hall–Kier alpha value is -1.30. The number of hydrogen-bond acceptors (Lipinski definition) is 3. The summed E-state index contributed by atoms with van der Waals surface area (Å²) in [6, 6.07) is -0.00688. The normalized spacial score (nSPS) is 26.4. The van der Waals surface area contributed by atoms with Crippen LogP contribution in [0.15, 0.2) is 0 Å². The van der Waals surface area contributed by atoms with Gasteiger partial charge < -0.3 is 20.1 Å². The second-order valence-electron chi connectivity index (χ2n) is 4.72. The smallest absolute Gasteiger partial charge is 0.334 e. The molecular formula is C11H18N2O4. The Balaban J connectivity index is 1.83. The van der Waals surface area contributed by atoms with Gasteiger partial charge in [0.15, 0.2) is 6.10 Å². The molecule has 17 heavy (non-hydrogen) atoms. The Morgan fingerprint density at radius 2 is 2.18 bits per heavy atom. The van der Waals surface area contributed by atoms with Gasteiger partial charge in [-0.2, -0.15) is 0 Å². The van der Waals surface area contributed by atoms with Crippen molar-refractivity contribution in [1.82, 2.24) is 10.2 Å². The molecule has 0 aromatic heterocycles. The van der Waals surface area contributed by atoms with Crippen molar-refractivity contribution in [3.05, 3.63) is 0 Å². The number of amides is 2. The molecule has 1 saturated heterocycles. The van der Waals surface area contributed by atoms with Crippen molar-refractivity contribution in [3.63, 3.8) is 0 Å². The molecule has 2 N–H and O–H groups in total. The van der Waals surface area contributed by atoms with Crippen LogP contribution in [0.3, 0.4) is 0 Å². The number of nitrogens with zero attached hydrogens (tertiary/aromatic N) is 1. The van der Waals surface area contributed by atoms with Crippen LogP contribution in [0.25, 0.3) is 0 Å². The maximum atomic E-state index is 11.9. The molecule has 0 bridgehead atoms. The lowest BCUT2D eigenvalue weighted by Crippen LogP contribution is -2.53. The van der Waals surface area contributed by atoms with E-state index in [-0.39, 0.29) is 25.2 Å². The summed E-state index contributed by atoms with van der Waals surface area (Å²) in [6.07, 6.45) is 1.44. The largest absolute Gasteiger partial charge is 0.479 e. The number of carboxylic acid groups (broad SMARTS) is 1. The average molecular weight is 242 g/mol. The van der Waals surface area contributed by atoms with Gasteiger partial charge in [0, 0.05) is 12.6 Å². The van der Waals surface area contributed by atoms with Crippen LogP contribution >= 0.6 is 0 Å². The second-order valence-corrected chi connectivity index (χ2v) is 4.72. The van der Waals surface area contributed by atoms with Gasteiger partial charge in [-0.05, 0) is 25.7 Å². The van der Waals surface area contributed by atoms with Crippen LogP contribution in [0.5, 0.6) is 0 Å². The fourth-order valence-corrected chi connectivity index (χ4v) is 1.98. The number of urea groups is 1. The number of carbonyl (C=O) groups is 2. The number of nitrogens with one attached hydrogen (secondary N) is 1. The number of ether oxygens (including phenoxy) is 1. The number of morpholine rings is 1. The first kappa shape index (κ1) is 12.2. The highest BCUT2D eigenvalue weighted by atomic mass is 16.5. The van der Waals surface area contributed by atoms with Gasteiger partial charge in [0.25, 0.3) is 0 Å². The van der Waals surface area contributed by atoms with Gasteiger partial charge in [-0.1, -0.05) is 0 Å². The van der Waals surface area contributed by atoms with Crippen LogP contribution in [0.4, 0.5) is 4.79 Å². The van der Waals surface area contributed by atoms with Gasteiger partial charge in [0.1, 0.15) is 0 Å². The minimum Gasteiger partial charge on any atom is -0.479 e. The van der Waals surface area contributed by atoms with Crippen molar-refractivity contribution in [1.29, 1.82) is 0 Å². The summed E-state index contributed by atoms with van der Waals surface area (Å²) < 4.78 is 5.06. The lowest BCUT2D eigenvalue weighted by Gasteiger charge is -2.31. The summed E-state index contributed by atoms with van der Waals surface area (Å²) in [5.74, 6) is -0.423. The number of carboxylic acids is 1. The Bertz CT molecular complexity index is 317. The summed E-state index contributed by atoms with van der Waals surface area (Å²) in [4.78, 5) is 24.2. The highest BCUT2D eigenvalue weighted by Gasteiger charge is 2.32. The minimum absolute atomic E-state index is 0.124. The molecule has 2 aliphatic rings. The summed E-state index contributed by atoms with van der Waals surface area (Å²) in [5.41, 5.74) is 0. The van der Waals surface area contributed by atoms with Gasteiger partial charge in [0.05, 0.1) is 13.2 Å². The highest BCUT2D eigenvalue weighted by Crippen LogP contribution is 2.32. The molecule has 2 fully saturated rings. The zero-order valence-electron chi connectivity index (χ0n) is 9.89. The SMILES string of the molecule is CC(NC(=O)N1CCOC(C(=O)O)C1)C1CC1. The predicted molar refractivity (Wildman–Crippen MR) is 59.7 cm³/mol. The second kappa shape index (κ2) is 4.91. The van der Waals surface area contributed by atoms with Gasteiger partial charge >= 0.3 is 12.0 Å². The molecule has 1 heterocycles. The van der Waals surface area contributed by atoms with Gasteiger partial charge in [0.2, 0.25) is 0 Å². The predicted octanol–water partition coefficient (Wildman–Crippen LogP) is 0.280. The topological polar surface area (TPSA) is 78.9 Å². The minimum atomic E-state index is -1.02. The maximum absolute atomic E-state index is 11.9. The molecule has 6 heteroatoms. The molecule has 0 aromatic carbocycles. The first-order valence-corrected chi connectivity index (χ1v) is 5.98. The Labute approximate surface area is 99.9 Å². The Kier molecular flexibility index (Phi) is 3.51. The quantitative estimate of drug-likeness (QED) is 0.745. The summed E-state index contributed by atoms with van der Waals surface area (Å²) in [6.45, 7) is 2.85. The van der Waals surface area contributed by atoms with Crippen molar-refractivity contribution in [2.45, 2.75) is 31.9 Å². The van der Waals surface area contributed by atoms with E-state index < -0.39 is 12.1 Å². The van der Waals surface area contributed by atoms with E-state index in [0.29, 0.717) is 12.5 Å². The zero-order valence-corrected chi connectivity index (χ0v) is 9.89. The third-order valence-electron chi connectivity index (χ3n) is 3.31. The van der Waals surface area contributed by atoms with Crippen molar-refractivity contribution in [2.75, 3.05) is 19.7 Å². The fraction of sp³-hybridized carbons (Fsp3) is 0.818. The third-order valence-corrected chi connectivity index (χ3v) is 3.31. The third kappa shape index (κ3) is 3.09. The Morgan fingerprint density at radius 1 is 1.47 bits per heavy atom. The fourth-order valence-electron chi connectivity index (χ4n) is 1.98. The molecule has 0 radical (unpaired) electrons. The molecule has 1 aliphatic heterocycles. The van der Waals surface area contributed by atoms with Crippen LogP contribution in [0.2, 0.25) is 0 Å². The van der Waals surface area contributed by atoms with Crippen LogP contribution in [-0.4, -0.2) is 53.8 Å². The molecule has 0 spiro atoms. The standard InChI is InChI=1S/C11H18N2O4/c1-7(8-2-3-8)12-11(16)13-4-5-17-9(6-13)10(14)15/h7-9H,2-6H2,1H3,(H,12,16)(H,14,15). The molecule has 1 saturated carbocycles. The van der Waals surface area contributed by atoms with Crippen molar-refractivity contribution in [2.24, 2.45) is 5.92 Å². The van der Waals surface area contributed by atoms with E-state index in [9.17, 15) is 9.59 Å². The average Bonchev–Trinajstić information content (AvgIpc) is 3.12. The first-order valence-electron chi connectivity index (χ1n) is 5.98. The first-order chi connectivity index (χ1) is 8.08. The molecule has 2 rings (SSSR count). The highest BCUT2D eigenvalue weighted by molar-refractivity contribution is 5.77. The van der Waals surface area contributed by atoms with E-state index in [0.717, 1.165) is 0 Å². The molecule has 2 amide bonds. The van der Waals surface area contributed by atoms with E-state index in [1.807, 2.05) is 6.92 Å². The van der Waals surface area contributed by atoms with Crippen LogP contribution < -0.4 is 5.32 Å². The van der Waals surface area contributed by atoms with Gasteiger partial charge in [-0.15, -0.1) is 0 Å². The van der Waals surface area contributed by atoms with E-state index in [1.54, 1.807) is 0 Å². The summed E-state index contributed by atoms with van der Waals surface area (Å²) in [5, 5.41) is 11.7. The number of hydrogen-bond donors (Lipinski definition) is 2. The van der Waals surface area contributed by atoms with Gasteiger partial charge in [-0.3, -0.25) is 0 Å². The lowest BCUT2D eigenvalue weighted by atomic mass is 10.2. The van der Waals surface area contributed by atoms with E-state index in [4.69, 9.17) is 9.84 Å². The monoisotopic (exact) mass is 242 g/mol. The van der Waals surface area contributed by atoms with Crippen LogP contribution in [-0.2, 0) is 9.53 Å². The molecule has 2 unspecified atom stereocenters. The van der Waals surface area contributed by atoms with Crippen LogP contribution in [0, 0.1) is 5.92 Å². The number of carbonyl (C=O) groups excluding carboxylic acids is 1. The number of rotatable bonds is 3. The van der Waals surface area contributed by atoms with E-state index in [1.165, 1.54) is 17.7 Å². The van der Waals surface area contributed by atoms with Crippen molar-refractivity contribution >= 4 is 12.0 Å². The molecule has 0 aromatic rings. The molecular weight excluding hydrogens is 224 g/mol. The maximum Gasteiger partial charge on any atom is 0.334 e.